The molecule has 2 aromatic rings. The van der Waals surface area contributed by atoms with E-state index in [-0.39, 0.29) is 12.6 Å². The van der Waals surface area contributed by atoms with Crippen LogP contribution in [0.1, 0.15) is 12.8 Å². The minimum Gasteiger partial charge on any atom is -0.396 e. The average Bonchev–Trinajstić information content (AvgIpc) is 3.10. The minimum absolute atomic E-state index is 0.0709. The van der Waals surface area contributed by atoms with Gasteiger partial charge in [0.05, 0.1) is 0 Å². The molecule has 22 heavy (non-hydrogen) atoms. The number of aliphatic hydroxyl groups is 1. The van der Waals surface area contributed by atoms with Crippen LogP contribution in [0.3, 0.4) is 0 Å². The lowest BCUT2D eigenvalue weighted by Crippen LogP contribution is -2.41. The Labute approximate surface area is 133 Å². The lowest BCUT2D eigenvalue weighted by atomic mass is 9.98. The lowest BCUT2D eigenvalue weighted by molar-refractivity contribution is 0.143. The monoisotopic (exact) mass is 317 g/mol. The maximum absolute atomic E-state index is 12.2. The van der Waals surface area contributed by atoms with E-state index in [0.29, 0.717) is 19.0 Å². The smallest absolute Gasteiger partial charge is 0.321 e. The Hall–Kier alpha value is -1.92. The van der Waals surface area contributed by atoms with Gasteiger partial charge in [0, 0.05) is 42.5 Å². The van der Waals surface area contributed by atoms with E-state index in [1.807, 2.05) is 29.6 Å². The molecule has 1 aliphatic rings. The Balaban J connectivity index is 1.58. The zero-order chi connectivity index (χ0) is 15.4. The van der Waals surface area contributed by atoms with Crippen LogP contribution in [0, 0.1) is 5.92 Å². The molecule has 0 spiro atoms. The number of carbonyl (C=O) groups is 1. The number of nitrogens with one attached hydrogen (secondary N) is 1. The van der Waals surface area contributed by atoms with Crippen LogP contribution in [0.25, 0.3) is 10.6 Å². The number of benzene rings is 1. The van der Waals surface area contributed by atoms with Gasteiger partial charge in [-0.1, -0.05) is 0 Å². The van der Waals surface area contributed by atoms with Crippen molar-refractivity contribution in [2.45, 2.75) is 12.8 Å². The van der Waals surface area contributed by atoms with Crippen LogP contribution in [-0.4, -0.2) is 40.7 Å². The number of nitrogens with zero attached hydrogens (tertiary/aromatic N) is 2. The van der Waals surface area contributed by atoms with Crippen molar-refractivity contribution in [3.63, 3.8) is 0 Å². The number of carbonyl (C=O) groups excluding carboxylic acids is 1. The first-order chi connectivity index (χ1) is 10.8. The molecule has 0 saturated carbocycles. The van der Waals surface area contributed by atoms with E-state index in [2.05, 4.69) is 10.3 Å². The van der Waals surface area contributed by atoms with Crippen molar-refractivity contribution in [3.8, 4) is 10.6 Å². The molecular formula is C16H19N3O2S. The summed E-state index contributed by atoms with van der Waals surface area (Å²) < 4.78 is 0. The highest BCUT2D eigenvalue weighted by Crippen LogP contribution is 2.23. The van der Waals surface area contributed by atoms with Crippen LogP contribution in [-0.2, 0) is 0 Å². The van der Waals surface area contributed by atoms with Gasteiger partial charge in [-0.05, 0) is 43.0 Å². The molecule has 1 fully saturated rings. The Morgan fingerprint density at radius 2 is 2.05 bits per heavy atom. The van der Waals surface area contributed by atoms with Crippen LogP contribution in [0.5, 0.6) is 0 Å². The van der Waals surface area contributed by atoms with Crippen LogP contribution in [0.4, 0.5) is 10.5 Å². The number of rotatable bonds is 3. The number of hydrogen-bond acceptors (Lipinski definition) is 4. The van der Waals surface area contributed by atoms with Crippen molar-refractivity contribution in [3.05, 3.63) is 35.8 Å². The summed E-state index contributed by atoms with van der Waals surface area (Å²) in [7, 11) is 0. The molecule has 2 amide bonds. The maximum atomic E-state index is 12.2. The van der Waals surface area contributed by atoms with E-state index in [1.54, 1.807) is 22.4 Å². The summed E-state index contributed by atoms with van der Waals surface area (Å²) in [5.41, 5.74) is 1.84. The van der Waals surface area contributed by atoms with E-state index in [1.165, 1.54) is 0 Å². The molecule has 5 nitrogen and oxygen atoms in total. The van der Waals surface area contributed by atoms with Gasteiger partial charge in [-0.3, -0.25) is 0 Å². The summed E-state index contributed by atoms with van der Waals surface area (Å²) in [5, 5.41) is 15.0. The summed E-state index contributed by atoms with van der Waals surface area (Å²) in [6.07, 6.45) is 3.52. The molecule has 0 radical (unpaired) electrons. The SMILES string of the molecule is O=C(Nc1ccc(-c2nccs2)cc1)N1CCC(CO)CC1. The number of piperidine rings is 1. The highest BCUT2D eigenvalue weighted by molar-refractivity contribution is 7.13. The zero-order valence-corrected chi connectivity index (χ0v) is 13.1. The van der Waals surface area contributed by atoms with Gasteiger partial charge in [0.15, 0.2) is 0 Å². The average molecular weight is 317 g/mol. The second kappa shape index (κ2) is 6.89. The van der Waals surface area contributed by atoms with Gasteiger partial charge in [-0.15, -0.1) is 11.3 Å². The summed E-state index contributed by atoms with van der Waals surface area (Å²) in [6.45, 7) is 1.62. The van der Waals surface area contributed by atoms with Crippen LogP contribution in [0.15, 0.2) is 35.8 Å². The largest absolute Gasteiger partial charge is 0.396 e. The first-order valence-electron chi connectivity index (χ1n) is 7.43. The van der Waals surface area contributed by atoms with E-state index in [9.17, 15) is 4.79 Å². The second-order valence-electron chi connectivity index (χ2n) is 5.46. The van der Waals surface area contributed by atoms with E-state index in [4.69, 9.17) is 5.11 Å². The number of hydrogen-bond donors (Lipinski definition) is 2. The molecule has 0 aliphatic carbocycles. The number of thiazole rings is 1. The van der Waals surface area contributed by atoms with Crippen LogP contribution >= 0.6 is 11.3 Å². The topological polar surface area (TPSA) is 65.5 Å². The highest BCUT2D eigenvalue weighted by Gasteiger charge is 2.22. The van der Waals surface area contributed by atoms with Crippen LogP contribution < -0.4 is 5.32 Å². The van der Waals surface area contributed by atoms with Crippen molar-refractivity contribution in [2.75, 3.05) is 25.0 Å². The number of likely N-dealkylation sites (tertiary alicyclic amines) is 1. The van der Waals surface area contributed by atoms with Gasteiger partial charge in [0.2, 0.25) is 0 Å². The third-order valence-corrected chi connectivity index (χ3v) is 4.80. The van der Waals surface area contributed by atoms with Crippen LogP contribution in [0.2, 0.25) is 0 Å². The van der Waals surface area contributed by atoms with Gasteiger partial charge in [-0.2, -0.15) is 0 Å². The van der Waals surface area contributed by atoms with Crippen molar-refractivity contribution < 1.29 is 9.90 Å². The van der Waals surface area contributed by atoms with Crippen molar-refractivity contribution in [1.29, 1.82) is 0 Å². The lowest BCUT2D eigenvalue weighted by Gasteiger charge is -2.31. The summed E-state index contributed by atoms with van der Waals surface area (Å²) in [6, 6.07) is 7.65. The molecule has 3 rings (SSSR count). The Morgan fingerprint density at radius 1 is 1.32 bits per heavy atom. The molecule has 0 atom stereocenters. The van der Waals surface area contributed by atoms with E-state index < -0.39 is 0 Å². The van der Waals surface area contributed by atoms with Gasteiger partial charge in [0.1, 0.15) is 5.01 Å². The fourth-order valence-electron chi connectivity index (χ4n) is 2.58. The first kappa shape index (κ1) is 15.0. The molecule has 1 saturated heterocycles. The van der Waals surface area contributed by atoms with Gasteiger partial charge >= 0.3 is 6.03 Å². The summed E-state index contributed by atoms with van der Waals surface area (Å²) in [5.74, 6) is 0.335. The first-order valence-corrected chi connectivity index (χ1v) is 8.31. The second-order valence-corrected chi connectivity index (χ2v) is 6.35. The predicted octanol–water partition coefficient (Wildman–Crippen LogP) is 3.05. The standard InChI is InChI=1S/C16H19N3O2S/c20-11-12-5-8-19(9-6-12)16(21)18-14-3-1-13(2-4-14)15-17-7-10-22-15/h1-4,7,10,12,20H,5-6,8-9,11H2,(H,18,21). The predicted molar refractivity (Wildman–Crippen MR) is 88.0 cm³/mol. The van der Waals surface area contributed by atoms with Gasteiger partial charge < -0.3 is 15.3 Å². The molecule has 0 bridgehead atoms. The Bertz CT molecular complexity index is 605. The van der Waals surface area contributed by atoms with Crippen molar-refractivity contribution in [2.24, 2.45) is 5.92 Å². The molecule has 2 N–H and O–H groups in total. The molecular weight excluding hydrogens is 298 g/mol. The molecule has 6 heteroatoms. The van der Waals surface area contributed by atoms with E-state index >= 15 is 0 Å². The molecule has 1 aromatic carbocycles. The highest BCUT2D eigenvalue weighted by atomic mass is 32.1. The fraction of sp³-hybridized carbons (Fsp3) is 0.375. The van der Waals surface area contributed by atoms with Gasteiger partial charge in [0.25, 0.3) is 0 Å². The Kier molecular flexibility index (Phi) is 4.70. The molecule has 1 aromatic heterocycles. The summed E-state index contributed by atoms with van der Waals surface area (Å²) >= 11 is 1.59. The number of urea groups is 1. The van der Waals surface area contributed by atoms with E-state index in [0.717, 1.165) is 29.1 Å². The zero-order valence-electron chi connectivity index (χ0n) is 12.2. The third-order valence-electron chi connectivity index (χ3n) is 3.98. The summed E-state index contributed by atoms with van der Waals surface area (Å²) in [4.78, 5) is 18.3. The maximum Gasteiger partial charge on any atom is 0.321 e. The fourth-order valence-corrected chi connectivity index (χ4v) is 3.23. The number of anilines is 1. The molecule has 2 heterocycles. The molecule has 116 valence electrons. The van der Waals surface area contributed by atoms with Gasteiger partial charge in [-0.25, -0.2) is 9.78 Å². The normalized spacial score (nSPS) is 15.8. The number of amides is 2. The van der Waals surface area contributed by atoms with Crippen molar-refractivity contribution >= 4 is 23.1 Å². The number of aromatic nitrogens is 1. The molecule has 1 aliphatic heterocycles. The quantitative estimate of drug-likeness (QED) is 0.914. The number of aliphatic hydroxyl groups excluding tert-OH is 1. The third kappa shape index (κ3) is 3.45. The molecule has 0 unspecified atom stereocenters. The van der Waals surface area contributed by atoms with Crippen molar-refractivity contribution in [1.82, 2.24) is 9.88 Å². The minimum atomic E-state index is -0.0709. The Morgan fingerprint density at radius 3 is 2.64 bits per heavy atom.